The molecule has 4 rings (SSSR count). The zero-order valence-electron chi connectivity index (χ0n) is 16.7. The van der Waals surface area contributed by atoms with E-state index in [2.05, 4.69) is 26.7 Å². The highest BCUT2D eigenvalue weighted by Crippen LogP contribution is 2.19. The van der Waals surface area contributed by atoms with Crippen LogP contribution in [-0.4, -0.2) is 15.9 Å². The summed E-state index contributed by atoms with van der Waals surface area (Å²) >= 11 is 0. The van der Waals surface area contributed by atoms with Gasteiger partial charge in [0.2, 0.25) is 0 Å². The number of aryl methyl sites for hydroxylation is 1. The number of nitrogens with zero attached hydrogens (tertiary/aromatic N) is 2. The van der Waals surface area contributed by atoms with Crippen molar-refractivity contribution in [2.75, 3.05) is 5.32 Å². The van der Waals surface area contributed by atoms with Crippen LogP contribution in [0, 0.1) is 6.92 Å². The van der Waals surface area contributed by atoms with E-state index in [1.54, 1.807) is 18.3 Å². The largest absolute Gasteiger partial charge is 0.348 e. The molecule has 0 aliphatic carbocycles. The van der Waals surface area contributed by atoms with Crippen LogP contribution in [0.15, 0.2) is 91.1 Å². The Bertz CT molecular complexity index is 1140. The molecule has 0 saturated carbocycles. The van der Waals surface area contributed by atoms with Crippen molar-refractivity contribution < 1.29 is 4.79 Å². The molecular formula is C25H22N4O. The molecule has 3 aromatic carbocycles. The third-order valence-electron chi connectivity index (χ3n) is 4.64. The first-order valence-electron chi connectivity index (χ1n) is 9.77. The average Bonchev–Trinajstić information content (AvgIpc) is 2.79. The van der Waals surface area contributed by atoms with Crippen molar-refractivity contribution in [2.24, 2.45) is 0 Å². The summed E-state index contributed by atoms with van der Waals surface area (Å²) in [6.45, 7) is 2.54. The fraction of sp³-hybridized carbons (Fsp3) is 0.0800. The molecule has 0 bridgehead atoms. The lowest BCUT2D eigenvalue weighted by molar-refractivity contribution is 0.0951. The van der Waals surface area contributed by atoms with Gasteiger partial charge in [0.15, 0.2) is 5.82 Å². The van der Waals surface area contributed by atoms with Crippen LogP contribution in [0.2, 0.25) is 0 Å². The average molecular weight is 394 g/mol. The summed E-state index contributed by atoms with van der Waals surface area (Å²) in [7, 11) is 0. The molecule has 1 amide bonds. The summed E-state index contributed by atoms with van der Waals surface area (Å²) in [4.78, 5) is 21.3. The molecule has 0 aliphatic heterocycles. The third kappa shape index (κ3) is 4.89. The maximum absolute atomic E-state index is 12.4. The van der Waals surface area contributed by atoms with E-state index in [9.17, 15) is 4.79 Å². The summed E-state index contributed by atoms with van der Waals surface area (Å²) < 4.78 is 0. The molecule has 0 radical (unpaired) electrons. The van der Waals surface area contributed by atoms with Crippen molar-refractivity contribution in [1.29, 1.82) is 0 Å². The van der Waals surface area contributed by atoms with Gasteiger partial charge in [0.05, 0.1) is 0 Å². The van der Waals surface area contributed by atoms with Crippen molar-refractivity contribution in [2.45, 2.75) is 13.5 Å². The molecule has 148 valence electrons. The number of anilines is 2. The second kappa shape index (κ2) is 9.01. The summed E-state index contributed by atoms with van der Waals surface area (Å²) in [6.07, 6.45) is 1.73. The van der Waals surface area contributed by atoms with Crippen molar-refractivity contribution in [3.05, 3.63) is 108 Å². The van der Waals surface area contributed by atoms with E-state index in [-0.39, 0.29) is 5.91 Å². The summed E-state index contributed by atoms with van der Waals surface area (Å²) in [5, 5.41) is 6.22. The van der Waals surface area contributed by atoms with Gasteiger partial charge in [-0.2, -0.15) is 0 Å². The van der Waals surface area contributed by atoms with Crippen molar-refractivity contribution in [3.63, 3.8) is 0 Å². The van der Waals surface area contributed by atoms with Crippen LogP contribution in [0.5, 0.6) is 0 Å². The maximum Gasteiger partial charge on any atom is 0.251 e. The summed E-state index contributed by atoms with van der Waals surface area (Å²) in [6, 6.07) is 27.1. The first-order chi connectivity index (χ1) is 14.7. The van der Waals surface area contributed by atoms with E-state index >= 15 is 0 Å². The Kier molecular flexibility index (Phi) is 5.80. The van der Waals surface area contributed by atoms with E-state index in [1.807, 2.05) is 73.7 Å². The highest BCUT2D eigenvalue weighted by atomic mass is 16.1. The number of nitrogens with one attached hydrogen (secondary N) is 2. The first-order valence-corrected chi connectivity index (χ1v) is 9.77. The standard InChI is InChI=1S/C25H22N4O/c1-18-6-5-7-19(16-18)17-27-25(30)21-10-12-22(13-11-21)28-23-14-15-26-24(29-23)20-8-3-2-4-9-20/h2-16H,17H2,1H3,(H,27,30)(H,26,28,29). The van der Waals surface area contributed by atoms with Gasteiger partial charge in [0.1, 0.15) is 5.82 Å². The number of amides is 1. The predicted octanol–water partition coefficient (Wildman–Crippen LogP) is 5.13. The third-order valence-corrected chi connectivity index (χ3v) is 4.64. The Morgan fingerprint density at radius 2 is 1.70 bits per heavy atom. The van der Waals surface area contributed by atoms with Gasteiger partial charge in [-0.3, -0.25) is 4.79 Å². The lowest BCUT2D eigenvalue weighted by atomic mass is 10.1. The number of hydrogen-bond donors (Lipinski definition) is 2. The Morgan fingerprint density at radius 3 is 2.47 bits per heavy atom. The molecule has 0 saturated heterocycles. The van der Waals surface area contributed by atoms with Crippen LogP contribution >= 0.6 is 0 Å². The number of aromatic nitrogens is 2. The number of benzene rings is 3. The van der Waals surface area contributed by atoms with Crippen LogP contribution in [0.1, 0.15) is 21.5 Å². The lowest BCUT2D eigenvalue weighted by Gasteiger charge is -2.09. The molecule has 5 heteroatoms. The fourth-order valence-electron chi connectivity index (χ4n) is 3.11. The molecule has 1 heterocycles. The molecule has 1 aromatic heterocycles. The van der Waals surface area contributed by atoms with Crippen molar-refractivity contribution >= 4 is 17.4 Å². The minimum Gasteiger partial charge on any atom is -0.348 e. The second-order valence-corrected chi connectivity index (χ2v) is 7.01. The normalized spacial score (nSPS) is 10.4. The van der Waals surface area contributed by atoms with E-state index in [4.69, 9.17) is 0 Å². The van der Waals surface area contributed by atoms with E-state index < -0.39 is 0 Å². The fourth-order valence-corrected chi connectivity index (χ4v) is 3.11. The van der Waals surface area contributed by atoms with Gasteiger partial charge < -0.3 is 10.6 Å². The Hall–Kier alpha value is -3.99. The number of carbonyl (C=O) groups excluding carboxylic acids is 1. The molecule has 5 nitrogen and oxygen atoms in total. The molecule has 0 aliphatic rings. The minimum atomic E-state index is -0.101. The molecule has 0 spiro atoms. The zero-order chi connectivity index (χ0) is 20.8. The molecule has 2 N–H and O–H groups in total. The van der Waals surface area contributed by atoms with E-state index in [0.29, 0.717) is 23.8 Å². The van der Waals surface area contributed by atoms with Crippen LogP contribution in [0.4, 0.5) is 11.5 Å². The summed E-state index contributed by atoms with van der Waals surface area (Å²) in [5.74, 6) is 1.25. The van der Waals surface area contributed by atoms with Crippen LogP contribution in [0.3, 0.4) is 0 Å². The van der Waals surface area contributed by atoms with E-state index in [1.165, 1.54) is 5.56 Å². The molecule has 0 fully saturated rings. The van der Waals surface area contributed by atoms with Gasteiger partial charge in [-0.25, -0.2) is 9.97 Å². The van der Waals surface area contributed by atoms with Gasteiger partial charge >= 0.3 is 0 Å². The quantitative estimate of drug-likeness (QED) is 0.476. The highest BCUT2D eigenvalue weighted by molar-refractivity contribution is 5.94. The van der Waals surface area contributed by atoms with Gasteiger partial charge in [0.25, 0.3) is 5.91 Å². The van der Waals surface area contributed by atoms with Gasteiger partial charge in [-0.05, 0) is 42.8 Å². The zero-order valence-corrected chi connectivity index (χ0v) is 16.7. The topological polar surface area (TPSA) is 66.9 Å². The van der Waals surface area contributed by atoms with Crippen LogP contribution < -0.4 is 10.6 Å². The van der Waals surface area contributed by atoms with Crippen LogP contribution in [-0.2, 0) is 6.54 Å². The molecule has 0 atom stereocenters. The van der Waals surface area contributed by atoms with E-state index in [0.717, 1.165) is 16.8 Å². The lowest BCUT2D eigenvalue weighted by Crippen LogP contribution is -2.22. The van der Waals surface area contributed by atoms with Gasteiger partial charge in [0, 0.05) is 29.6 Å². The minimum absolute atomic E-state index is 0.101. The highest BCUT2D eigenvalue weighted by Gasteiger charge is 2.07. The van der Waals surface area contributed by atoms with Crippen molar-refractivity contribution in [3.8, 4) is 11.4 Å². The van der Waals surface area contributed by atoms with Crippen LogP contribution in [0.25, 0.3) is 11.4 Å². The molecule has 4 aromatic rings. The smallest absolute Gasteiger partial charge is 0.251 e. The Balaban J connectivity index is 1.39. The summed E-state index contributed by atoms with van der Waals surface area (Å²) in [5.41, 5.74) is 4.68. The Labute approximate surface area is 175 Å². The first kappa shape index (κ1) is 19.3. The predicted molar refractivity (Wildman–Crippen MR) is 120 cm³/mol. The van der Waals surface area contributed by atoms with Crippen molar-refractivity contribution in [1.82, 2.24) is 15.3 Å². The second-order valence-electron chi connectivity index (χ2n) is 7.01. The monoisotopic (exact) mass is 394 g/mol. The molecule has 0 unspecified atom stereocenters. The van der Waals surface area contributed by atoms with Gasteiger partial charge in [-0.1, -0.05) is 60.2 Å². The van der Waals surface area contributed by atoms with Gasteiger partial charge in [-0.15, -0.1) is 0 Å². The SMILES string of the molecule is Cc1cccc(CNC(=O)c2ccc(Nc3ccnc(-c4ccccc4)n3)cc2)c1. The molecular weight excluding hydrogens is 372 g/mol. The molecule has 30 heavy (non-hydrogen) atoms. The number of rotatable bonds is 6. The maximum atomic E-state index is 12.4. The Morgan fingerprint density at radius 1 is 0.900 bits per heavy atom. The number of carbonyl (C=O) groups is 1. The number of hydrogen-bond acceptors (Lipinski definition) is 4.